The van der Waals surface area contributed by atoms with Crippen LogP contribution in [0, 0.1) is 0 Å². The molecule has 0 atom stereocenters. The Balaban J connectivity index is -0.0000000320. The van der Waals surface area contributed by atoms with Crippen LogP contribution in [0.1, 0.15) is 119 Å². The quantitative estimate of drug-likeness (QED) is 0.291. The first-order valence-corrected chi connectivity index (χ1v) is 13.7. The van der Waals surface area contributed by atoms with E-state index in [2.05, 4.69) is 0 Å². The molecule has 0 radical (unpaired) electrons. The van der Waals surface area contributed by atoms with E-state index in [-0.39, 0.29) is 62.7 Å². The summed E-state index contributed by atoms with van der Waals surface area (Å²) >= 11 is 1.50. The fourth-order valence-corrected chi connectivity index (χ4v) is 0.866. The van der Waals surface area contributed by atoms with Crippen LogP contribution in [0.4, 0.5) is 0 Å². The zero-order valence-electron chi connectivity index (χ0n) is 23.7. The van der Waals surface area contributed by atoms with Gasteiger partial charge in [0.2, 0.25) is 0 Å². The number of hydrogen-bond donors (Lipinski definition) is 0. The maximum absolute atomic E-state index is 9.53. The molecule has 0 aromatic rings. The van der Waals surface area contributed by atoms with Gasteiger partial charge in [0, 0.05) is 0 Å². The van der Waals surface area contributed by atoms with Crippen molar-refractivity contribution in [3.63, 3.8) is 0 Å². The van der Waals surface area contributed by atoms with Crippen molar-refractivity contribution < 1.29 is 78.1 Å². The van der Waals surface area contributed by atoms with Crippen molar-refractivity contribution in [3.8, 4) is 0 Å². The van der Waals surface area contributed by atoms with Crippen molar-refractivity contribution >= 4 is 23.1 Å². The second-order valence-corrected chi connectivity index (χ2v) is 6.35. The first kappa shape index (κ1) is 60.9. The molecule has 35 heavy (non-hydrogen) atoms. The molecule has 0 heterocycles. The van der Waals surface area contributed by atoms with Gasteiger partial charge in [-0.1, -0.05) is 119 Å². The average Bonchev–Trinajstić information content (AvgIpc) is 2.87. The summed E-state index contributed by atoms with van der Waals surface area (Å²) in [7, 11) is 0. The molecule has 0 unspecified atom stereocenters. The molecule has 0 fully saturated rings. The van der Waals surface area contributed by atoms with Gasteiger partial charge < -0.3 is 30.6 Å². The SMILES string of the molecule is CCCC[O-].CCCC[O-].CCCC[O-].CCCC[O-].CCCC[O-].CCCC[O-].[Mg+2].[O]=[Ti+2].[O]=[Ti+2]. The number of unbranched alkanes of at least 4 members (excludes halogenated alkanes) is 6. The van der Waals surface area contributed by atoms with E-state index in [0.717, 1.165) is 118 Å². The summed E-state index contributed by atoms with van der Waals surface area (Å²) in [6.45, 7) is 12.6. The van der Waals surface area contributed by atoms with E-state index >= 15 is 0 Å². The topological polar surface area (TPSA) is 172 Å². The zero-order valence-corrected chi connectivity index (χ0v) is 28.2. The standard InChI is InChI=1S/6C4H9O.Mg.2O.2Ti/c6*1-2-3-4-5;;;;;/h6*2-4H2,1H3;;;;;/q6*-1;+2;;;2*+2. The molecule has 0 bridgehead atoms. The second-order valence-electron chi connectivity index (χ2n) is 6.35. The minimum absolute atomic E-state index is 0. The van der Waals surface area contributed by atoms with Gasteiger partial charge in [-0.25, -0.2) is 0 Å². The summed E-state index contributed by atoms with van der Waals surface area (Å²) in [5, 5.41) is 57.2. The van der Waals surface area contributed by atoms with Gasteiger partial charge in [-0.3, -0.25) is 0 Å². The van der Waals surface area contributed by atoms with Crippen LogP contribution in [0.5, 0.6) is 0 Å². The van der Waals surface area contributed by atoms with Crippen LogP contribution < -0.4 is 30.6 Å². The van der Waals surface area contributed by atoms with Crippen molar-refractivity contribution in [2.45, 2.75) is 119 Å². The van der Waals surface area contributed by atoms with Gasteiger partial charge in [0.25, 0.3) is 0 Å². The van der Waals surface area contributed by atoms with Crippen molar-refractivity contribution in [1.29, 1.82) is 0 Å². The molecule has 8 nitrogen and oxygen atoms in total. The Labute approximate surface area is 257 Å². The third-order valence-electron chi connectivity index (χ3n) is 2.99. The van der Waals surface area contributed by atoms with Crippen LogP contribution in [0.3, 0.4) is 0 Å². The zero-order chi connectivity index (χ0) is 28.7. The second kappa shape index (κ2) is 111. The van der Waals surface area contributed by atoms with Gasteiger partial charge >= 0.3 is 70.5 Å². The van der Waals surface area contributed by atoms with Crippen molar-refractivity contribution in [2.75, 3.05) is 39.6 Å². The van der Waals surface area contributed by atoms with Gasteiger partial charge in [0.1, 0.15) is 0 Å². The molecule has 0 saturated carbocycles. The van der Waals surface area contributed by atoms with Crippen molar-refractivity contribution in [3.05, 3.63) is 0 Å². The Morgan fingerprint density at radius 3 is 0.429 bits per heavy atom. The molecule has 0 aliphatic heterocycles. The fraction of sp³-hybridized carbons (Fsp3) is 1.00. The first-order valence-electron chi connectivity index (χ1n) is 12.4. The summed E-state index contributed by atoms with van der Waals surface area (Å²) in [5.41, 5.74) is 0. The molecule has 0 aromatic carbocycles. The number of rotatable bonds is 12. The van der Waals surface area contributed by atoms with Crippen LogP contribution in [-0.4, -0.2) is 62.7 Å². The Morgan fingerprint density at radius 2 is 0.429 bits per heavy atom. The summed E-state index contributed by atoms with van der Waals surface area (Å²) in [6.07, 6.45) is 11.2. The van der Waals surface area contributed by atoms with E-state index in [4.69, 9.17) is 6.65 Å². The molecule has 208 valence electrons. The van der Waals surface area contributed by atoms with Crippen LogP contribution in [-0.2, 0) is 47.5 Å². The molecule has 0 N–H and O–H groups in total. The maximum atomic E-state index is 9.53. The normalized spacial score (nSPS) is 7.54. The molecule has 0 spiro atoms. The van der Waals surface area contributed by atoms with Crippen LogP contribution >= 0.6 is 0 Å². The average molecular weight is 591 g/mol. The summed E-state index contributed by atoms with van der Waals surface area (Å²) in [4.78, 5) is 0. The van der Waals surface area contributed by atoms with E-state index in [0.29, 0.717) is 0 Å². The Kier molecular flexibility index (Phi) is 193. The van der Waals surface area contributed by atoms with Gasteiger partial charge in [0.05, 0.1) is 0 Å². The summed E-state index contributed by atoms with van der Waals surface area (Å²) in [5.74, 6) is 0. The summed E-state index contributed by atoms with van der Waals surface area (Å²) < 4.78 is 16.5. The van der Waals surface area contributed by atoms with E-state index < -0.39 is 0 Å². The molecule has 0 aromatic heterocycles. The molecule has 0 rings (SSSR count). The predicted octanol–water partition coefficient (Wildman–Crippen LogP) is 0.257. The third kappa shape index (κ3) is 218. The minimum atomic E-state index is 0. The van der Waals surface area contributed by atoms with Crippen molar-refractivity contribution in [2.24, 2.45) is 0 Å². The fourth-order valence-electron chi connectivity index (χ4n) is 0.866. The van der Waals surface area contributed by atoms with E-state index in [1.807, 2.05) is 41.5 Å². The molecule has 0 aliphatic carbocycles. The third-order valence-corrected chi connectivity index (χ3v) is 2.99. The number of hydrogen-bond acceptors (Lipinski definition) is 8. The molecular formula is C24H54MgO8Ti2. The molecule has 11 heteroatoms. The predicted molar refractivity (Wildman–Crippen MR) is 126 cm³/mol. The first-order chi connectivity index (χ1) is 16.5. The van der Waals surface area contributed by atoms with E-state index in [1.165, 1.54) is 0 Å². The molecule has 0 amide bonds. The monoisotopic (exact) mass is 590 g/mol. The Bertz CT molecular complexity index is 156. The van der Waals surface area contributed by atoms with Crippen LogP contribution in [0.2, 0.25) is 0 Å². The Hall–Kier alpha value is 1.55. The van der Waals surface area contributed by atoms with E-state index in [1.54, 1.807) is 0 Å². The Morgan fingerprint density at radius 1 is 0.343 bits per heavy atom. The van der Waals surface area contributed by atoms with E-state index in [9.17, 15) is 30.6 Å². The van der Waals surface area contributed by atoms with Crippen LogP contribution in [0.15, 0.2) is 0 Å². The van der Waals surface area contributed by atoms with Gasteiger partial charge in [-0.05, 0) is 0 Å². The van der Waals surface area contributed by atoms with Gasteiger partial charge in [0.15, 0.2) is 0 Å². The molecule has 0 saturated heterocycles. The van der Waals surface area contributed by atoms with Crippen LogP contribution in [0.25, 0.3) is 0 Å². The van der Waals surface area contributed by atoms with Gasteiger partial charge in [-0.15, -0.1) is 39.6 Å². The van der Waals surface area contributed by atoms with Gasteiger partial charge in [-0.2, -0.15) is 0 Å². The molecular weight excluding hydrogens is 536 g/mol. The van der Waals surface area contributed by atoms with Crippen molar-refractivity contribution in [1.82, 2.24) is 0 Å². The molecule has 0 aliphatic rings. The summed E-state index contributed by atoms with van der Waals surface area (Å²) in [6, 6.07) is 0.